The van der Waals surface area contributed by atoms with Crippen molar-refractivity contribution in [2.75, 3.05) is 0 Å². The van der Waals surface area contributed by atoms with Crippen LogP contribution in [-0.4, -0.2) is 40.2 Å². The topological polar surface area (TPSA) is 142 Å². The van der Waals surface area contributed by atoms with Crippen LogP contribution < -0.4 is 11.5 Å². The first kappa shape index (κ1) is 21.6. The number of carbonyl (C=O) groups is 3. The molecule has 0 bridgehead atoms. The van der Waals surface area contributed by atoms with Crippen molar-refractivity contribution in [1.29, 1.82) is 0 Å². The molecule has 0 aliphatic carbocycles. The maximum atomic E-state index is 12.1. The first-order valence-corrected chi connectivity index (χ1v) is 8.17. The number of hydrogen-bond acceptors (Lipinski definition) is 7. The second kappa shape index (κ2) is 8.77. The molecule has 1 unspecified atom stereocenters. The van der Waals surface area contributed by atoms with E-state index in [2.05, 4.69) is 0 Å². The molecule has 0 saturated carbocycles. The molecule has 8 nitrogen and oxygen atoms in total. The highest BCUT2D eigenvalue weighted by Crippen LogP contribution is 2.19. The number of carbonyl (C=O) groups excluding carboxylic acids is 2. The summed E-state index contributed by atoms with van der Waals surface area (Å²) >= 11 is 0. The minimum absolute atomic E-state index is 0.0478. The molecule has 0 radical (unpaired) electrons. The van der Waals surface area contributed by atoms with Crippen LogP contribution in [0.4, 0.5) is 0 Å². The number of carboxylic acids is 1. The number of hydrogen-bond donors (Lipinski definition) is 3. The summed E-state index contributed by atoms with van der Waals surface area (Å²) in [5.74, 6) is -3.33. The molecular weight excluding hydrogens is 340 g/mol. The molecule has 0 saturated heterocycles. The van der Waals surface area contributed by atoms with Gasteiger partial charge in [-0.25, -0.2) is 9.59 Å². The average Bonchev–Trinajstić information content (AvgIpc) is 2.56. The maximum absolute atomic E-state index is 12.1. The van der Waals surface area contributed by atoms with Crippen LogP contribution in [0.5, 0.6) is 0 Å². The van der Waals surface area contributed by atoms with E-state index < -0.39 is 35.1 Å². The molecule has 1 aromatic carbocycles. The quantitative estimate of drug-likeness (QED) is 0.456. The predicted octanol–water partition coefficient (Wildman–Crippen LogP) is 0.961. The largest absolute Gasteiger partial charge is 0.479 e. The number of ether oxygens (including phenoxy) is 2. The maximum Gasteiger partial charge on any atom is 0.338 e. The van der Waals surface area contributed by atoms with E-state index in [4.69, 9.17) is 20.9 Å². The van der Waals surface area contributed by atoms with Crippen molar-refractivity contribution in [3.8, 4) is 0 Å². The van der Waals surface area contributed by atoms with Gasteiger partial charge in [0.15, 0.2) is 0 Å². The van der Waals surface area contributed by atoms with Gasteiger partial charge >= 0.3 is 17.9 Å². The Morgan fingerprint density at radius 2 is 1.73 bits per heavy atom. The van der Waals surface area contributed by atoms with Crippen LogP contribution in [0.25, 0.3) is 0 Å². The summed E-state index contributed by atoms with van der Waals surface area (Å²) in [6.45, 7) is 4.84. The Morgan fingerprint density at radius 3 is 2.23 bits per heavy atom. The molecule has 0 aromatic heterocycles. The Balaban J connectivity index is 2.63. The summed E-state index contributed by atoms with van der Waals surface area (Å²) in [7, 11) is 0. The van der Waals surface area contributed by atoms with Crippen molar-refractivity contribution in [3.63, 3.8) is 0 Å². The minimum atomic E-state index is -2.29. The summed E-state index contributed by atoms with van der Waals surface area (Å²) < 4.78 is 10.1. The van der Waals surface area contributed by atoms with Gasteiger partial charge < -0.3 is 26.0 Å². The number of aliphatic carboxylic acids is 1. The molecule has 144 valence electrons. The molecule has 1 aromatic rings. The first-order valence-electron chi connectivity index (χ1n) is 8.17. The molecule has 2 atom stereocenters. The number of nitrogens with two attached hydrogens (primary N) is 2. The summed E-state index contributed by atoms with van der Waals surface area (Å²) in [6, 6.07) is 7.91. The third kappa shape index (κ3) is 6.45. The molecule has 0 amide bonds. The van der Waals surface area contributed by atoms with Crippen LogP contribution in [0, 0.1) is 0 Å². The van der Waals surface area contributed by atoms with E-state index in [1.54, 1.807) is 45.0 Å². The van der Waals surface area contributed by atoms with Crippen molar-refractivity contribution in [3.05, 3.63) is 35.9 Å². The molecule has 0 spiro atoms. The fraction of sp³-hybridized carbons (Fsp3) is 0.500. The molecule has 0 aliphatic heterocycles. The highest BCUT2D eigenvalue weighted by atomic mass is 16.6. The fourth-order valence-corrected chi connectivity index (χ4v) is 2.00. The molecule has 0 fully saturated rings. The second-order valence-corrected chi connectivity index (χ2v) is 7.02. The lowest BCUT2D eigenvalue weighted by molar-refractivity contribution is -0.170. The van der Waals surface area contributed by atoms with Gasteiger partial charge in [-0.2, -0.15) is 0 Å². The normalized spacial score (nSPS) is 14.8. The summed E-state index contributed by atoms with van der Waals surface area (Å²) in [6.07, 6.45) is -0.505. The van der Waals surface area contributed by atoms with Gasteiger partial charge in [-0.15, -0.1) is 0 Å². The smallest absolute Gasteiger partial charge is 0.338 e. The second-order valence-electron chi connectivity index (χ2n) is 7.02. The van der Waals surface area contributed by atoms with Crippen molar-refractivity contribution in [2.24, 2.45) is 11.5 Å². The number of carboxylic acid groups (broad SMARTS) is 1. The molecule has 0 aliphatic rings. The number of rotatable bonds is 8. The zero-order chi connectivity index (χ0) is 20.0. The van der Waals surface area contributed by atoms with Crippen molar-refractivity contribution >= 4 is 17.9 Å². The SMILES string of the molecule is CC(C)(C)OC(=O)[C@](N)(CCC(N)C(=O)OCc1ccccc1)C(=O)O. The summed E-state index contributed by atoms with van der Waals surface area (Å²) in [5.41, 5.74) is 9.07. The lowest BCUT2D eigenvalue weighted by Crippen LogP contribution is -2.57. The van der Waals surface area contributed by atoms with E-state index in [0.29, 0.717) is 0 Å². The van der Waals surface area contributed by atoms with E-state index in [1.165, 1.54) is 0 Å². The monoisotopic (exact) mass is 366 g/mol. The van der Waals surface area contributed by atoms with Crippen molar-refractivity contribution in [2.45, 2.75) is 57.4 Å². The lowest BCUT2D eigenvalue weighted by Gasteiger charge is -2.28. The van der Waals surface area contributed by atoms with Crippen LogP contribution in [0.1, 0.15) is 39.2 Å². The predicted molar refractivity (Wildman–Crippen MR) is 93.8 cm³/mol. The van der Waals surface area contributed by atoms with Crippen LogP contribution in [0.2, 0.25) is 0 Å². The van der Waals surface area contributed by atoms with Gasteiger partial charge in [0.05, 0.1) is 0 Å². The van der Waals surface area contributed by atoms with E-state index >= 15 is 0 Å². The van der Waals surface area contributed by atoms with Gasteiger partial charge in [0.2, 0.25) is 5.54 Å². The van der Waals surface area contributed by atoms with Crippen molar-refractivity contribution in [1.82, 2.24) is 0 Å². The zero-order valence-corrected chi connectivity index (χ0v) is 15.2. The fourth-order valence-electron chi connectivity index (χ4n) is 2.00. The molecule has 5 N–H and O–H groups in total. The molecule has 0 heterocycles. The Morgan fingerprint density at radius 1 is 1.15 bits per heavy atom. The van der Waals surface area contributed by atoms with Gasteiger partial charge in [0.25, 0.3) is 0 Å². The molecular formula is C18H26N2O6. The van der Waals surface area contributed by atoms with Crippen LogP contribution in [0.3, 0.4) is 0 Å². The standard InChI is InChI=1S/C18H26N2O6/c1-17(2,3)26-16(24)18(20,15(22)23)10-9-13(19)14(21)25-11-12-7-5-4-6-8-12/h4-8,13H,9-11,19-20H2,1-3H3,(H,22,23)/t13?,18-/m0/s1. The molecule has 1 rings (SSSR count). The Hall–Kier alpha value is -2.45. The van der Waals surface area contributed by atoms with Crippen molar-refractivity contribution < 1.29 is 29.0 Å². The zero-order valence-electron chi connectivity index (χ0n) is 15.2. The minimum Gasteiger partial charge on any atom is -0.479 e. The first-order chi connectivity index (χ1) is 12.0. The van der Waals surface area contributed by atoms with Gasteiger partial charge in [0.1, 0.15) is 18.2 Å². The van der Waals surface area contributed by atoms with Gasteiger partial charge in [-0.1, -0.05) is 30.3 Å². The van der Waals surface area contributed by atoms with E-state index in [0.717, 1.165) is 5.56 Å². The van der Waals surface area contributed by atoms with Gasteiger partial charge in [-0.3, -0.25) is 4.79 Å². The third-order valence-electron chi connectivity index (χ3n) is 3.52. The highest BCUT2D eigenvalue weighted by Gasteiger charge is 2.45. The van der Waals surface area contributed by atoms with E-state index in [9.17, 15) is 19.5 Å². The molecule has 26 heavy (non-hydrogen) atoms. The highest BCUT2D eigenvalue weighted by molar-refractivity contribution is 6.04. The van der Waals surface area contributed by atoms with Gasteiger partial charge in [0, 0.05) is 0 Å². The lowest BCUT2D eigenvalue weighted by atomic mass is 9.92. The van der Waals surface area contributed by atoms with Crippen LogP contribution >= 0.6 is 0 Å². The van der Waals surface area contributed by atoms with Crippen LogP contribution in [0.15, 0.2) is 30.3 Å². The summed E-state index contributed by atoms with van der Waals surface area (Å²) in [5, 5.41) is 9.32. The Labute approximate surface area is 152 Å². The molecule has 8 heteroatoms. The summed E-state index contributed by atoms with van der Waals surface area (Å²) in [4.78, 5) is 35.5. The Bertz CT molecular complexity index is 641. The van der Waals surface area contributed by atoms with E-state index in [-0.39, 0.29) is 19.4 Å². The average molecular weight is 366 g/mol. The van der Waals surface area contributed by atoms with Gasteiger partial charge in [-0.05, 0) is 39.2 Å². The van der Waals surface area contributed by atoms with E-state index in [1.807, 2.05) is 6.07 Å². The number of esters is 2. The van der Waals surface area contributed by atoms with Crippen LogP contribution in [-0.2, 0) is 30.5 Å². The Kier molecular flexibility index (Phi) is 7.29. The third-order valence-corrected chi connectivity index (χ3v) is 3.52. The number of benzene rings is 1.